The summed E-state index contributed by atoms with van der Waals surface area (Å²) in [5, 5.41) is 0. The lowest BCUT2D eigenvalue weighted by Crippen LogP contribution is -2.41. The quantitative estimate of drug-likeness (QED) is 0.644. The van der Waals surface area contributed by atoms with Gasteiger partial charge in [-0.1, -0.05) is 19.1 Å². The molecule has 0 aromatic carbocycles. The first kappa shape index (κ1) is 15.3. The van der Waals surface area contributed by atoms with E-state index >= 15 is 0 Å². The maximum Gasteiger partial charge on any atom is 0.236 e. The molecule has 2 N–H and O–H groups in total. The van der Waals surface area contributed by atoms with Gasteiger partial charge in [-0.05, 0) is 20.4 Å². The van der Waals surface area contributed by atoms with E-state index < -0.39 is 0 Å². The second-order valence-corrected chi connectivity index (χ2v) is 4.18. The largest absolute Gasteiger partial charge is 0.393 e. The number of hydrogen-bond donors (Lipinski definition) is 1. The number of amides is 1. The van der Waals surface area contributed by atoms with Gasteiger partial charge in [0.25, 0.3) is 0 Å². The molecule has 94 valence electrons. The van der Waals surface area contributed by atoms with Crippen LogP contribution in [0.3, 0.4) is 0 Å². The highest BCUT2D eigenvalue weighted by Crippen LogP contribution is 1.96. The van der Waals surface area contributed by atoms with Crippen molar-refractivity contribution in [3.63, 3.8) is 0 Å². The van der Waals surface area contributed by atoms with Crippen LogP contribution in [0.25, 0.3) is 0 Å². The van der Waals surface area contributed by atoms with E-state index in [1.807, 2.05) is 25.7 Å². The maximum atomic E-state index is 11.8. The van der Waals surface area contributed by atoms with Crippen LogP contribution in [0.5, 0.6) is 0 Å². The predicted molar refractivity (Wildman–Crippen MR) is 71.4 cm³/mol. The van der Waals surface area contributed by atoms with E-state index in [1.165, 1.54) is 0 Å². The number of carbonyl (C=O) groups excluding carboxylic acids is 1. The Bertz CT molecular complexity index is 229. The van der Waals surface area contributed by atoms with E-state index in [0.717, 1.165) is 26.2 Å². The van der Waals surface area contributed by atoms with Crippen LogP contribution in [0.4, 0.5) is 0 Å². The lowest BCUT2D eigenvalue weighted by atomic mass is 10.3. The second kappa shape index (κ2) is 8.47. The summed E-state index contributed by atoms with van der Waals surface area (Å²) < 4.78 is 0. The number of nitrogens with zero attached hydrogens (tertiary/aromatic N) is 2. The Morgan fingerprint density at radius 3 is 2.12 bits per heavy atom. The first-order valence-corrected chi connectivity index (χ1v) is 6.24. The Morgan fingerprint density at radius 1 is 1.19 bits per heavy atom. The minimum absolute atomic E-state index is 0.176. The molecule has 0 atom stereocenters. The van der Waals surface area contributed by atoms with E-state index in [9.17, 15) is 4.79 Å². The zero-order chi connectivity index (χ0) is 12.6. The Morgan fingerprint density at radius 2 is 1.75 bits per heavy atom. The van der Waals surface area contributed by atoms with Crippen LogP contribution in [-0.2, 0) is 4.79 Å². The van der Waals surface area contributed by atoms with Gasteiger partial charge in [-0.2, -0.15) is 0 Å². The van der Waals surface area contributed by atoms with Gasteiger partial charge >= 0.3 is 0 Å². The molecule has 0 rings (SSSR count). The number of thiocarbonyl (C=S) groups is 1. The van der Waals surface area contributed by atoms with Gasteiger partial charge in [0.1, 0.15) is 0 Å². The van der Waals surface area contributed by atoms with Gasteiger partial charge in [0, 0.05) is 26.1 Å². The zero-order valence-electron chi connectivity index (χ0n) is 10.5. The van der Waals surface area contributed by atoms with Gasteiger partial charge in [-0.25, -0.2) is 0 Å². The summed E-state index contributed by atoms with van der Waals surface area (Å²) in [6, 6.07) is 0. The van der Waals surface area contributed by atoms with Gasteiger partial charge in [-0.3, -0.25) is 9.69 Å². The summed E-state index contributed by atoms with van der Waals surface area (Å²) in [7, 11) is 0. The number of rotatable bonds is 8. The smallest absolute Gasteiger partial charge is 0.236 e. The molecule has 5 heteroatoms. The predicted octanol–water partition coefficient (Wildman–Crippen LogP) is 0.853. The molecule has 0 radical (unpaired) electrons. The molecule has 0 aliphatic heterocycles. The summed E-state index contributed by atoms with van der Waals surface area (Å²) in [6.45, 7) is 9.62. The fourth-order valence-corrected chi connectivity index (χ4v) is 1.58. The maximum absolute atomic E-state index is 11.8. The highest BCUT2D eigenvalue weighted by Gasteiger charge is 2.13. The van der Waals surface area contributed by atoms with E-state index in [1.54, 1.807) is 0 Å². The van der Waals surface area contributed by atoms with Crippen molar-refractivity contribution in [1.82, 2.24) is 9.80 Å². The summed E-state index contributed by atoms with van der Waals surface area (Å²) in [4.78, 5) is 16.3. The third kappa shape index (κ3) is 6.02. The molecule has 0 saturated heterocycles. The molecule has 4 nitrogen and oxygen atoms in total. The van der Waals surface area contributed by atoms with Gasteiger partial charge in [0.15, 0.2) is 0 Å². The minimum atomic E-state index is 0.176. The van der Waals surface area contributed by atoms with E-state index in [2.05, 4.69) is 4.90 Å². The van der Waals surface area contributed by atoms with Crippen molar-refractivity contribution in [3.8, 4) is 0 Å². The van der Waals surface area contributed by atoms with Crippen molar-refractivity contribution >= 4 is 23.1 Å². The van der Waals surface area contributed by atoms with Crippen LogP contribution in [0.15, 0.2) is 0 Å². The zero-order valence-corrected chi connectivity index (χ0v) is 11.3. The molecule has 0 heterocycles. The average Bonchev–Trinajstić information content (AvgIpc) is 2.25. The molecule has 1 amide bonds. The van der Waals surface area contributed by atoms with Crippen molar-refractivity contribution in [2.24, 2.45) is 5.73 Å². The highest BCUT2D eigenvalue weighted by atomic mass is 32.1. The van der Waals surface area contributed by atoms with Crippen molar-refractivity contribution in [2.45, 2.75) is 27.2 Å². The first-order valence-electron chi connectivity index (χ1n) is 5.83. The van der Waals surface area contributed by atoms with Crippen LogP contribution in [0.1, 0.15) is 27.2 Å². The summed E-state index contributed by atoms with van der Waals surface area (Å²) in [6.07, 6.45) is 0.675. The number of nitrogens with two attached hydrogens (primary N) is 1. The van der Waals surface area contributed by atoms with Gasteiger partial charge in [0.05, 0.1) is 11.5 Å². The number of hydrogen-bond acceptors (Lipinski definition) is 3. The van der Waals surface area contributed by atoms with Crippen LogP contribution in [0, 0.1) is 0 Å². The highest BCUT2D eigenvalue weighted by molar-refractivity contribution is 7.80. The monoisotopic (exact) mass is 245 g/mol. The van der Waals surface area contributed by atoms with E-state index in [4.69, 9.17) is 18.0 Å². The minimum Gasteiger partial charge on any atom is -0.393 e. The molecule has 0 unspecified atom stereocenters. The molecule has 0 fully saturated rings. The second-order valence-electron chi connectivity index (χ2n) is 3.65. The molecule has 0 aliphatic carbocycles. The molecule has 0 spiro atoms. The van der Waals surface area contributed by atoms with Gasteiger partial charge in [0.2, 0.25) is 5.91 Å². The van der Waals surface area contributed by atoms with Gasteiger partial charge < -0.3 is 10.6 Å². The summed E-state index contributed by atoms with van der Waals surface area (Å²) in [5.74, 6) is 0.176. The van der Waals surface area contributed by atoms with E-state index in [-0.39, 0.29) is 5.91 Å². The van der Waals surface area contributed by atoms with Crippen molar-refractivity contribution in [1.29, 1.82) is 0 Å². The topological polar surface area (TPSA) is 49.6 Å². The third-order valence-electron chi connectivity index (χ3n) is 2.60. The Labute approximate surface area is 104 Å². The van der Waals surface area contributed by atoms with Gasteiger partial charge in [-0.15, -0.1) is 0 Å². The van der Waals surface area contributed by atoms with Crippen molar-refractivity contribution < 1.29 is 4.79 Å². The molecule has 0 bridgehead atoms. The normalized spacial score (nSPS) is 10.5. The molecule has 0 saturated carbocycles. The third-order valence-corrected chi connectivity index (χ3v) is 2.80. The lowest BCUT2D eigenvalue weighted by molar-refractivity contribution is -0.132. The molecular weight excluding hydrogens is 222 g/mol. The number of carbonyl (C=O) groups is 1. The SMILES string of the molecule is CCN(CCC(N)=S)CC(=O)N(CC)CC. The summed E-state index contributed by atoms with van der Waals surface area (Å²) in [5.41, 5.74) is 5.45. The Balaban J connectivity index is 4.09. The molecular formula is C11H23N3OS. The average molecular weight is 245 g/mol. The van der Waals surface area contributed by atoms with Crippen molar-refractivity contribution in [2.75, 3.05) is 32.7 Å². The Kier molecular flexibility index (Phi) is 8.11. The molecule has 0 aromatic rings. The Hall–Kier alpha value is -0.680. The van der Waals surface area contributed by atoms with Crippen LogP contribution in [-0.4, -0.2) is 53.4 Å². The van der Waals surface area contributed by atoms with Crippen molar-refractivity contribution in [3.05, 3.63) is 0 Å². The molecule has 0 aliphatic rings. The standard InChI is InChI=1S/C11H23N3OS/c1-4-13(8-7-10(12)16)9-11(15)14(5-2)6-3/h4-9H2,1-3H3,(H2,12,16). The van der Waals surface area contributed by atoms with Crippen LogP contribution < -0.4 is 5.73 Å². The molecule has 16 heavy (non-hydrogen) atoms. The molecule has 0 aromatic heterocycles. The fourth-order valence-electron chi connectivity index (χ4n) is 1.48. The van der Waals surface area contributed by atoms with Crippen LogP contribution in [0.2, 0.25) is 0 Å². The van der Waals surface area contributed by atoms with E-state index in [0.29, 0.717) is 18.0 Å². The lowest BCUT2D eigenvalue weighted by Gasteiger charge is -2.24. The van der Waals surface area contributed by atoms with Crippen LogP contribution >= 0.6 is 12.2 Å². The fraction of sp³-hybridized carbons (Fsp3) is 0.818. The number of likely N-dealkylation sites (N-methyl/N-ethyl adjacent to an activating group) is 2. The first-order chi connectivity index (χ1) is 7.54. The summed E-state index contributed by atoms with van der Waals surface area (Å²) >= 11 is 4.83.